The molecule has 0 unspecified atom stereocenters. The first-order valence-corrected chi connectivity index (χ1v) is 10.3. The Bertz CT molecular complexity index is 1250. The quantitative estimate of drug-likeness (QED) is 0.439. The SMILES string of the molecule is O=C(CNS(=O)(=O)c1ccc(Cl)cc1)N/N=C\c1coc2ccc(Cl)cc2c1=O. The number of hydrogen-bond donors (Lipinski definition) is 2. The lowest BCUT2D eigenvalue weighted by Gasteiger charge is -2.06. The number of rotatable bonds is 6. The predicted octanol–water partition coefficient (Wildman–Crippen LogP) is 2.53. The van der Waals surface area contributed by atoms with E-state index in [0.29, 0.717) is 15.6 Å². The summed E-state index contributed by atoms with van der Waals surface area (Å²) in [7, 11) is -3.88. The summed E-state index contributed by atoms with van der Waals surface area (Å²) in [6.07, 6.45) is 2.29. The molecule has 150 valence electrons. The van der Waals surface area contributed by atoms with Crippen molar-refractivity contribution < 1.29 is 17.6 Å². The van der Waals surface area contributed by atoms with Crippen LogP contribution in [0.1, 0.15) is 5.56 Å². The summed E-state index contributed by atoms with van der Waals surface area (Å²) >= 11 is 11.6. The molecule has 0 aliphatic rings. The number of carbonyl (C=O) groups excluding carboxylic acids is 1. The van der Waals surface area contributed by atoms with Crippen LogP contribution in [0.5, 0.6) is 0 Å². The van der Waals surface area contributed by atoms with Crippen LogP contribution in [-0.4, -0.2) is 27.1 Å². The number of amides is 1. The number of nitrogens with zero attached hydrogens (tertiary/aromatic N) is 1. The van der Waals surface area contributed by atoms with Crippen molar-refractivity contribution in [2.75, 3.05) is 6.54 Å². The van der Waals surface area contributed by atoms with Gasteiger partial charge in [0.15, 0.2) is 0 Å². The van der Waals surface area contributed by atoms with Gasteiger partial charge in [-0.2, -0.15) is 5.10 Å². The smallest absolute Gasteiger partial charge is 0.255 e. The van der Waals surface area contributed by atoms with Crippen molar-refractivity contribution in [3.63, 3.8) is 0 Å². The normalized spacial score (nSPS) is 11.8. The lowest BCUT2D eigenvalue weighted by atomic mass is 10.2. The monoisotopic (exact) mass is 453 g/mol. The molecule has 1 amide bonds. The molecule has 0 aliphatic heterocycles. The van der Waals surface area contributed by atoms with E-state index < -0.39 is 22.5 Å². The highest BCUT2D eigenvalue weighted by Gasteiger charge is 2.15. The van der Waals surface area contributed by atoms with Gasteiger partial charge in [-0.15, -0.1) is 0 Å². The van der Waals surface area contributed by atoms with Gasteiger partial charge in [0.25, 0.3) is 5.91 Å². The zero-order chi connectivity index (χ0) is 21.0. The highest BCUT2D eigenvalue weighted by molar-refractivity contribution is 7.89. The molecule has 2 aromatic carbocycles. The molecule has 0 fully saturated rings. The van der Waals surface area contributed by atoms with Gasteiger partial charge < -0.3 is 4.42 Å². The third-order valence-corrected chi connectivity index (χ3v) is 5.61. The van der Waals surface area contributed by atoms with Gasteiger partial charge in [-0.25, -0.2) is 18.6 Å². The predicted molar refractivity (Wildman–Crippen MR) is 110 cm³/mol. The van der Waals surface area contributed by atoms with E-state index in [1.165, 1.54) is 36.6 Å². The minimum Gasteiger partial charge on any atom is -0.463 e. The maximum atomic E-state index is 12.4. The molecule has 11 heteroatoms. The molecular weight excluding hydrogens is 441 g/mol. The molecule has 29 heavy (non-hydrogen) atoms. The number of fused-ring (bicyclic) bond motifs is 1. The second kappa shape index (κ2) is 8.75. The van der Waals surface area contributed by atoms with Crippen molar-refractivity contribution in [2.45, 2.75) is 4.90 Å². The van der Waals surface area contributed by atoms with Crippen molar-refractivity contribution in [1.29, 1.82) is 0 Å². The van der Waals surface area contributed by atoms with Crippen LogP contribution < -0.4 is 15.6 Å². The third-order valence-electron chi connectivity index (χ3n) is 3.70. The van der Waals surface area contributed by atoms with Crippen molar-refractivity contribution in [3.8, 4) is 0 Å². The Hall–Kier alpha value is -2.72. The summed E-state index contributed by atoms with van der Waals surface area (Å²) in [5, 5.41) is 4.67. The summed E-state index contributed by atoms with van der Waals surface area (Å²) in [4.78, 5) is 24.1. The van der Waals surface area contributed by atoms with Gasteiger partial charge >= 0.3 is 0 Å². The molecule has 2 N–H and O–H groups in total. The average Bonchev–Trinajstić information content (AvgIpc) is 2.69. The van der Waals surface area contributed by atoms with Gasteiger partial charge in [-0.3, -0.25) is 9.59 Å². The van der Waals surface area contributed by atoms with E-state index in [1.54, 1.807) is 12.1 Å². The lowest BCUT2D eigenvalue weighted by molar-refractivity contribution is -0.119. The van der Waals surface area contributed by atoms with Crippen LogP contribution in [0.4, 0.5) is 0 Å². The standard InChI is InChI=1S/C18H13Cl2N3O5S/c19-12-1-4-14(5-2-12)29(26,27)22-9-17(24)23-21-8-11-10-28-16-6-3-13(20)7-15(16)18(11)25/h1-8,10,22H,9H2,(H,23,24)/b21-8-. The van der Waals surface area contributed by atoms with Gasteiger partial charge in [0.05, 0.1) is 28.6 Å². The van der Waals surface area contributed by atoms with Crippen molar-refractivity contribution in [1.82, 2.24) is 10.1 Å². The molecule has 1 aromatic heterocycles. The fourth-order valence-electron chi connectivity index (χ4n) is 2.28. The second-order valence-electron chi connectivity index (χ2n) is 5.73. The zero-order valence-corrected chi connectivity index (χ0v) is 16.9. The Balaban J connectivity index is 1.63. The van der Waals surface area contributed by atoms with Crippen LogP contribution in [0.15, 0.2) is 67.9 Å². The molecule has 0 bridgehead atoms. The molecule has 3 aromatic rings. The van der Waals surface area contributed by atoms with E-state index in [-0.39, 0.29) is 21.3 Å². The Labute approximate surface area is 175 Å². The minimum absolute atomic E-state index is 0.0364. The van der Waals surface area contributed by atoms with E-state index >= 15 is 0 Å². The average molecular weight is 454 g/mol. The number of sulfonamides is 1. The molecule has 0 saturated heterocycles. The Morgan fingerprint density at radius 1 is 1.10 bits per heavy atom. The summed E-state index contributed by atoms with van der Waals surface area (Å²) in [6.45, 7) is -0.551. The van der Waals surface area contributed by atoms with Gasteiger partial charge in [-0.05, 0) is 42.5 Å². The summed E-state index contributed by atoms with van der Waals surface area (Å²) in [5.41, 5.74) is 2.19. The zero-order valence-electron chi connectivity index (χ0n) is 14.6. The van der Waals surface area contributed by atoms with Crippen LogP contribution >= 0.6 is 23.2 Å². The summed E-state index contributed by atoms with van der Waals surface area (Å²) < 4.78 is 31.7. The molecular formula is C18H13Cl2N3O5S. The lowest BCUT2D eigenvalue weighted by Crippen LogP contribution is -2.35. The molecule has 0 saturated carbocycles. The molecule has 0 radical (unpaired) electrons. The maximum absolute atomic E-state index is 12.4. The molecule has 0 atom stereocenters. The number of nitrogens with one attached hydrogen (secondary N) is 2. The van der Waals surface area contributed by atoms with E-state index in [4.69, 9.17) is 27.6 Å². The van der Waals surface area contributed by atoms with E-state index in [0.717, 1.165) is 6.21 Å². The van der Waals surface area contributed by atoms with Crippen LogP contribution in [0, 0.1) is 0 Å². The Morgan fingerprint density at radius 3 is 2.52 bits per heavy atom. The highest BCUT2D eigenvalue weighted by atomic mass is 35.5. The van der Waals surface area contributed by atoms with E-state index in [1.807, 2.05) is 0 Å². The van der Waals surface area contributed by atoms with Gasteiger partial charge in [0.1, 0.15) is 11.8 Å². The van der Waals surface area contributed by atoms with E-state index in [9.17, 15) is 18.0 Å². The fraction of sp³-hybridized carbons (Fsp3) is 0.0556. The van der Waals surface area contributed by atoms with Gasteiger partial charge in [0.2, 0.25) is 15.5 Å². The number of carbonyl (C=O) groups is 1. The Kier molecular flexibility index (Phi) is 6.33. The number of halogens is 2. The molecule has 3 rings (SSSR count). The number of benzene rings is 2. The molecule has 1 heterocycles. The number of hydrogen-bond acceptors (Lipinski definition) is 6. The van der Waals surface area contributed by atoms with Crippen LogP contribution in [0.25, 0.3) is 11.0 Å². The third kappa shape index (κ3) is 5.21. The molecule has 0 aliphatic carbocycles. The summed E-state index contributed by atoms with van der Waals surface area (Å²) in [5.74, 6) is -0.730. The first kappa shape index (κ1) is 21.0. The Morgan fingerprint density at radius 2 is 1.79 bits per heavy atom. The van der Waals surface area contributed by atoms with E-state index in [2.05, 4.69) is 15.2 Å². The van der Waals surface area contributed by atoms with Crippen molar-refractivity contribution >= 4 is 56.3 Å². The first-order valence-electron chi connectivity index (χ1n) is 8.04. The largest absolute Gasteiger partial charge is 0.463 e. The van der Waals surface area contributed by atoms with Crippen molar-refractivity contribution in [3.05, 3.63) is 74.6 Å². The molecule has 8 nitrogen and oxygen atoms in total. The second-order valence-corrected chi connectivity index (χ2v) is 8.37. The molecule has 0 spiro atoms. The van der Waals surface area contributed by atoms with Crippen LogP contribution in [-0.2, 0) is 14.8 Å². The van der Waals surface area contributed by atoms with Crippen LogP contribution in [0.2, 0.25) is 10.0 Å². The fourth-order valence-corrected chi connectivity index (χ4v) is 3.56. The topological polar surface area (TPSA) is 118 Å². The summed E-state index contributed by atoms with van der Waals surface area (Å²) in [6, 6.07) is 10.1. The van der Waals surface area contributed by atoms with Crippen molar-refractivity contribution in [2.24, 2.45) is 5.10 Å². The van der Waals surface area contributed by atoms with Gasteiger partial charge in [0, 0.05) is 10.0 Å². The first-order chi connectivity index (χ1) is 13.8. The number of hydrazone groups is 1. The maximum Gasteiger partial charge on any atom is 0.255 e. The van der Waals surface area contributed by atoms with Crippen LogP contribution in [0.3, 0.4) is 0 Å². The van der Waals surface area contributed by atoms with Gasteiger partial charge in [-0.1, -0.05) is 23.2 Å². The highest BCUT2D eigenvalue weighted by Crippen LogP contribution is 2.16. The minimum atomic E-state index is -3.88.